The lowest BCUT2D eigenvalue weighted by atomic mass is 9.82. The lowest BCUT2D eigenvalue weighted by Crippen LogP contribution is -2.38. The molecule has 4 nitrogen and oxygen atoms in total. The van der Waals surface area contributed by atoms with E-state index in [4.69, 9.17) is 5.73 Å². The second-order valence-corrected chi connectivity index (χ2v) is 7.93. The number of hydrogen-bond acceptors (Lipinski definition) is 4. The fourth-order valence-electron chi connectivity index (χ4n) is 2.92. The van der Waals surface area contributed by atoms with Crippen LogP contribution in [0.5, 0.6) is 0 Å². The van der Waals surface area contributed by atoms with Gasteiger partial charge in [-0.05, 0) is 43.2 Å². The van der Waals surface area contributed by atoms with Crippen molar-refractivity contribution in [3.8, 4) is 0 Å². The first-order valence-corrected chi connectivity index (χ1v) is 8.75. The Morgan fingerprint density at radius 2 is 2.26 bits per heavy atom. The molecule has 1 aromatic heterocycles. The largest absolute Gasteiger partial charge is 0.327 e. The van der Waals surface area contributed by atoms with Crippen molar-refractivity contribution in [1.82, 2.24) is 4.98 Å². The maximum atomic E-state index is 11.7. The molecule has 1 aromatic rings. The van der Waals surface area contributed by atoms with Gasteiger partial charge < -0.3 is 5.73 Å². The number of hydrogen-bond donors (Lipinski definition) is 1. The predicted molar refractivity (Wildman–Crippen MR) is 76.5 cm³/mol. The molecule has 1 fully saturated rings. The van der Waals surface area contributed by atoms with Crippen LogP contribution in [0.2, 0.25) is 0 Å². The minimum Gasteiger partial charge on any atom is -0.327 e. The summed E-state index contributed by atoms with van der Waals surface area (Å²) in [6, 6.07) is 3.94. The van der Waals surface area contributed by atoms with Crippen molar-refractivity contribution < 1.29 is 8.42 Å². The van der Waals surface area contributed by atoms with Crippen molar-refractivity contribution in [3.63, 3.8) is 0 Å². The monoisotopic (exact) mass is 282 g/mol. The van der Waals surface area contributed by atoms with Gasteiger partial charge >= 0.3 is 0 Å². The topological polar surface area (TPSA) is 73.0 Å². The average molecular weight is 282 g/mol. The van der Waals surface area contributed by atoms with Crippen LogP contribution in [0.15, 0.2) is 24.5 Å². The second kappa shape index (κ2) is 6.01. The van der Waals surface area contributed by atoms with E-state index in [1.165, 1.54) is 6.26 Å². The Balaban J connectivity index is 1.98. The molecule has 19 heavy (non-hydrogen) atoms. The molecular weight excluding hydrogens is 260 g/mol. The van der Waals surface area contributed by atoms with Crippen molar-refractivity contribution in [2.24, 2.45) is 11.7 Å². The van der Waals surface area contributed by atoms with Gasteiger partial charge in [-0.3, -0.25) is 4.98 Å². The normalized spacial score (nSPS) is 26.0. The van der Waals surface area contributed by atoms with E-state index in [-0.39, 0.29) is 11.3 Å². The number of aromatic nitrogens is 1. The van der Waals surface area contributed by atoms with E-state index in [0.29, 0.717) is 12.3 Å². The summed E-state index contributed by atoms with van der Waals surface area (Å²) in [7, 11) is -2.93. The van der Waals surface area contributed by atoms with E-state index in [1.54, 1.807) is 6.20 Å². The van der Waals surface area contributed by atoms with E-state index in [9.17, 15) is 8.42 Å². The van der Waals surface area contributed by atoms with Gasteiger partial charge in [0.1, 0.15) is 9.84 Å². The Hall–Kier alpha value is -0.940. The molecule has 0 bridgehead atoms. The quantitative estimate of drug-likeness (QED) is 0.909. The summed E-state index contributed by atoms with van der Waals surface area (Å²) in [4.78, 5) is 4.09. The predicted octanol–water partition coefficient (Wildman–Crippen LogP) is 1.55. The zero-order valence-corrected chi connectivity index (χ0v) is 12.1. The first-order chi connectivity index (χ1) is 8.97. The molecular formula is C14H22N2O2S. The van der Waals surface area contributed by atoms with E-state index < -0.39 is 9.84 Å². The third kappa shape index (κ3) is 4.01. The number of pyridine rings is 1. The van der Waals surface area contributed by atoms with Gasteiger partial charge in [0, 0.05) is 24.7 Å². The first kappa shape index (κ1) is 14.5. The Bertz CT molecular complexity index is 501. The van der Waals surface area contributed by atoms with Crippen molar-refractivity contribution in [1.29, 1.82) is 0 Å². The van der Waals surface area contributed by atoms with Gasteiger partial charge in [-0.25, -0.2) is 8.42 Å². The first-order valence-electron chi connectivity index (χ1n) is 6.80. The van der Waals surface area contributed by atoms with E-state index in [0.717, 1.165) is 31.2 Å². The van der Waals surface area contributed by atoms with Crippen LogP contribution >= 0.6 is 0 Å². The van der Waals surface area contributed by atoms with Crippen LogP contribution in [0.25, 0.3) is 0 Å². The van der Waals surface area contributed by atoms with Gasteiger partial charge in [0.2, 0.25) is 0 Å². The lowest BCUT2D eigenvalue weighted by molar-refractivity contribution is 0.304. The van der Waals surface area contributed by atoms with Crippen LogP contribution in [0.3, 0.4) is 0 Å². The van der Waals surface area contributed by atoms with Gasteiger partial charge in [-0.15, -0.1) is 0 Å². The summed E-state index contributed by atoms with van der Waals surface area (Å²) in [6.07, 6.45) is 9.18. The zero-order valence-electron chi connectivity index (χ0n) is 11.3. The third-order valence-electron chi connectivity index (χ3n) is 4.07. The summed E-state index contributed by atoms with van der Waals surface area (Å²) in [5.74, 6) is 0.300. The van der Waals surface area contributed by atoms with Crippen LogP contribution in [0.4, 0.5) is 0 Å². The Morgan fingerprint density at radius 3 is 2.89 bits per heavy atom. The summed E-state index contributed by atoms with van der Waals surface area (Å²) < 4.78 is 23.3. The summed E-state index contributed by atoms with van der Waals surface area (Å²) in [6.45, 7) is 0. The molecule has 0 saturated heterocycles. The number of sulfone groups is 1. The molecule has 3 unspecified atom stereocenters. The van der Waals surface area contributed by atoms with Crippen LogP contribution < -0.4 is 5.73 Å². The van der Waals surface area contributed by atoms with E-state index in [2.05, 4.69) is 4.98 Å². The van der Waals surface area contributed by atoms with E-state index >= 15 is 0 Å². The zero-order chi connectivity index (χ0) is 13.9. The van der Waals surface area contributed by atoms with Crippen molar-refractivity contribution in [2.45, 2.75) is 43.4 Å². The highest BCUT2D eigenvalue weighted by molar-refractivity contribution is 7.91. The highest BCUT2D eigenvalue weighted by atomic mass is 32.2. The number of nitrogens with zero attached hydrogens (tertiary/aromatic N) is 1. The van der Waals surface area contributed by atoms with Crippen molar-refractivity contribution in [2.75, 3.05) is 6.26 Å². The molecule has 0 aromatic carbocycles. The Labute approximate surface area is 115 Å². The number of nitrogens with two attached hydrogens (primary N) is 1. The molecule has 0 aliphatic heterocycles. The maximum Gasteiger partial charge on any atom is 0.150 e. The molecule has 0 radical (unpaired) electrons. The highest BCUT2D eigenvalue weighted by Gasteiger charge is 2.31. The van der Waals surface area contributed by atoms with Gasteiger partial charge in [0.25, 0.3) is 0 Å². The smallest absolute Gasteiger partial charge is 0.150 e. The van der Waals surface area contributed by atoms with Gasteiger partial charge in [-0.1, -0.05) is 12.5 Å². The Morgan fingerprint density at radius 1 is 1.47 bits per heavy atom. The summed E-state index contributed by atoms with van der Waals surface area (Å²) >= 11 is 0. The molecule has 0 spiro atoms. The van der Waals surface area contributed by atoms with Crippen LogP contribution in [-0.2, 0) is 16.3 Å². The van der Waals surface area contributed by atoms with E-state index in [1.807, 2.05) is 18.3 Å². The molecule has 5 heteroatoms. The minimum atomic E-state index is -2.93. The molecule has 2 N–H and O–H groups in total. The number of rotatable bonds is 4. The average Bonchev–Trinajstić information content (AvgIpc) is 2.39. The summed E-state index contributed by atoms with van der Waals surface area (Å²) in [5.41, 5.74) is 7.39. The molecule has 0 amide bonds. The molecule has 3 atom stereocenters. The fourth-order valence-corrected chi connectivity index (χ4v) is 4.11. The highest BCUT2D eigenvalue weighted by Crippen LogP contribution is 2.30. The second-order valence-electron chi connectivity index (χ2n) is 5.61. The SMILES string of the molecule is CS(=O)(=O)C1CCCC(C(N)Cc2cccnc2)C1. The maximum absolute atomic E-state index is 11.7. The minimum absolute atomic E-state index is 0.0220. The molecule has 1 saturated carbocycles. The van der Waals surface area contributed by atoms with Gasteiger partial charge in [-0.2, -0.15) is 0 Å². The standard InChI is InChI=1S/C14H22N2O2S/c1-19(17,18)13-6-2-5-12(9-13)14(15)8-11-4-3-7-16-10-11/h3-4,7,10,12-14H,2,5-6,8-9,15H2,1H3. The molecule has 1 aliphatic carbocycles. The third-order valence-corrected chi connectivity index (χ3v) is 5.71. The fraction of sp³-hybridized carbons (Fsp3) is 0.643. The van der Waals surface area contributed by atoms with Crippen LogP contribution in [0.1, 0.15) is 31.2 Å². The van der Waals surface area contributed by atoms with Crippen LogP contribution in [-0.4, -0.2) is 30.9 Å². The van der Waals surface area contributed by atoms with Crippen molar-refractivity contribution >= 4 is 9.84 Å². The Kier molecular flexibility index (Phi) is 4.58. The van der Waals surface area contributed by atoms with Crippen molar-refractivity contribution in [3.05, 3.63) is 30.1 Å². The molecule has 1 heterocycles. The lowest BCUT2D eigenvalue weighted by Gasteiger charge is -2.32. The van der Waals surface area contributed by atoms with Crippen LogP contribution in [0, 0.1) is 5.92 Å². The molecule has 2 rings (SSSR count). The molecule has 106 valence electrons. The van der Waals surface area contributed by atoms with Gasteiger partial charge in [0.15, 0.2) is 0 Å². The summed E-state index contributed by atoms with van der Waals surface area (Å²) in [5, 5.41) is -0.203. The molecule has 1 aliphatic rings. The van der Waals surface area contributed by atoms with Gasteiger partial charge in [0.05, 0.1) is 5.25 Å².